The fourth-order valence-corrected chi connectivity index (χ4v) is 4.45. The Hall–Kier alpha value is -3.81. The van der Waals surface area contributed by atoms with Crippen molar-refractivity contribution in [2.45, 2.75) is 33.1 Å². The number of rotatable bonds is 4. The van der Waals surface area contributed by atoms with Crippen LogP contribution < -0.4 is 15.1 Å². The number of phenols is 1. The molecule has 5 rings (SSSR count). The highest BCUT2D eigenvalue weighted by Crippen LogP contribution is 2.31. The molecule has 0 spiro atoms. The molecule has 3 heterocycles. The molecule has 0 aliphatic carbocycles. The summed E-state index contributed by atoms with van der Waals surface area (Å²) in [6.07, 6.45) is 1.79. The monoisotopic (exact) mass is 471 g/mol. The van der Waals surface area contributed by atoms with Gasteiger partial charge in [0.2, 0.25) is 5.95 Å². The summed E-state index contributed by atoms with van der Waals surface area (Å²) in [6.45, 7) is 12.1. The van der Waals surface area contributed by atoms with Crippen LogP contribution in [0.15, 0.2) is 48.8 Å². The molecule has 1 aliphatic rings. The molecule has 2 aromatic carbocycles. The van der Waals surface area contributed by atoms with Crippen LogP contribution in [0.25, 0.3) is 11.2 Å². The zero-order chi connectivity index (χ0) is 24.7. The Kier molecular flexibility index (Phi) is 5.75. The van der Waals surface area contributed by atoms with Gasteiger partial charge in [-0.15, -0.1) is 0 Å². The molecule has 0 unspecified atom stereocenters. The molecule has 8 nitrogen and oxygen atoms in total. The zero-order valence-electron chi connectivity index (χ0n) is 21.1. The topological polar surface area (TPSA) is 82.3 Å². The van der Waals surface area contributed by atoms with E-state index < -0.39 is 0 Å². The van der Waals surface area contributed by atoms with Crippen LogP contribution in [0, 0.1) is 6.92 Å². The Balaban J connectivity index is 1.44. The summed E-state index contributed by atoms with van der Waals surface area (Å²) in [5.74, 6) is 1.74. The van der Waals surface area contributed by atoms with E-state index in [0.717, 1.165) is 54.5 Å². The summed E-state index contributed by atoms with van der Waals surface area (Å²) >= 11 is 0. The molecule has 35 heavy (non-hydrogen) atoms. The summed E-state index contributed by atoms with van der Waals surface area (Å²) in [5.41, 5.74) is 6.21. The van der Waals surface area contributed by atoms with Gasteiger partial charge in [-0.2, -0.15) is 9.97 Å². The molecule has 2 aromatic heterocycles. The number of phenolic OH excluding ortho intramolecular Hbond substituents is 1. The Morgan fingerprint density at radius 2 is 1.60 bits per heavy atom. The first-order valence-electron chi connectivity index (χ1n) is 12.1. The second-order valence-corrected chi connectivity index (χ2v) is 10.3. The third-order valence-corrected chi connectivity index (χ3v) is 6.69. The summed E-state index contributed by atoms with van der Waals surface area (Å²) in [5, 5.41) is 13.2. The van der Waals surface area contributed by atoms with Crippen LogP contribution in [0.1, 0.15) is 31.9 Å². The molecule has 2 N–H and O–H groups in total. The predicted molar refractivity (Wildman–Crippen MR) is 142 cm³/mol. The van der Waals surface area contributed by atoms with Crippen molar-refractivity contribution < 1.29 is 5.11 Å². The molecular formula is C27H33N7O. The number of nitrogens with zero attached hydrogens (tertiary/aromatic N) is 6. The highest BCUT2D eigenvalue weighted by atomic mass is 16.3. The number of hydrogen-bond donors (Lipinski definition) is 2. The molecule has 0 atom stereocenters. The standard InChI is InChI=1S/C27H33N7O/c1-18-6-7-19(27(2,3)4)16-22(18)29-25-23-24(28-17-32(23)5)30-26(31-25)34-14-12-33(13-15-34)20-8-10-21(35)11-9-20/h6-11,16-17,35H,12-15H2,1-5H3,(H,29,30,31). The number of aryl methyl sites for hydroxylation is 2. The zero-order valence-corrected chi connectivity index (χ0v) is 21.1. The van der Waals surface area contributed by atoms with Gasteiger partial charge in [0.15, 0.2) is 11.5 Å². The van der Waals surface area contributed by atoms with E-state index in [4.69, 9.17) is 9.97 Å². The van der Waals surface area contributed by atoms with Crippen molar-refractivity contribution >= 4 is 34.3 Å². The van der Waals surface area contributed by atoms with Gasteiger partial charge in [-0.1, -0.05) is 32.9 Å². The van der Waals surface area contributed by atoms with Crippen molar-refractivity contribution in [2.24, 2.45) is 7.05 Å². The Morgan fingerprint density at radius 3 is 2.29 bits per heavy atom. The molecule has 1 fully saturated rings. The Morgan fingerprint density at radius 1 is 0.914 bits per heavy atom. The van der Waals surface area contributed by atoms with Crippen LogP contribution in [0.5, 0.6) is 5.75 Å². The third-order valence-electron chi connectivity index (χ3n) is 6.69. The molecule has 4 aromatic rings. The Labute approximate surface area is 206 Å². The summed E-state index contributed by atoms with van der Waals surface area (Å²) in [4.78, 5) is 18.9. The molecular weight excluding hydrogens is 438 g/mol. The van der Waals surface area contributed by atoms with E-state index in [9.17, 15) is 5.11 Å². The number of piperazine rings is 1. The van der Waals surface area contributed by atoms with E-state index in [1.165, 1.54) is 5.56 Å². The van der Waals surface area contributed by atoms with Crippen LogP contribution in [-0.4, -0.2) is 50.8 Å². The maximum atomic E-state index is 9.58. The van der Waals surface area contributed by atoms with Crippen LogP contribution in [0.4, 0.5) is 23.1 Å². The average molecular weight is 472 g/mol. The fourth-order valence-electron chi connectivity index (χ4n) is 4.45. The molecule has 1 aliphatic heterocycles. The molecule has 0 bridgehead atoms. The average Bonchev–Trinajstić information content (AvgIpc) is 3.21. The van der Waals surface area contributed by atoms with Gasteiger partial charge in [-0.25, -0.2) is 4.98 Å². The van der Waals surface area contributed by atoms with Crippen LogP contribution in [-0.2, 0) is 12.5 Å². The first kappa shape index (κ1) is 23.0. The van der Waals surface area contributed by atoms with Crippen LogP contribution in [0.3, 0.4) is 0 Å². The van der Waals surface area contributed by atoms with Gasteiger partial charge in [0.1, 0.15) is 11.3 Å². The fraction of sp³-hybridized carbons (Fsp3) is 0.370. The van der Waals surface area contributed by atoms with Crippen molar-refractivity contribution in [2.75, 3.05) is 41.3 Å². The van der Waals surface area contributed by atoms with Gasteiger partial charge in [0.25, 0.3) is 0 Å². The lowest BCUT2D eigenvalue weighted by Crippen LogP contribution is -2.47. The number of aromatic nitrogens is 4. The SMILES string of the molecule is Cc1ccc(C(C)(C)C)cc1Nc1nc(N2CCN(c3ccc(O)cc3)CC2)nc2ncn(C)c12. The maximum Gasteiger partial charge on any atom is 0.229 e. The van der Waals surface area contributed by atoms with Crippen molar-refractivity contribution in [1.82, 2.24) is 19.5 Å². The van der Waals surface area contributed by atoms with Crippen molar-refractivity contribution in [3.8, 4) is 5.75 Å². The minimum absolute atomic E-state index is 0.0555. The van der Waals surface area contributed by atoms with E-state index in [1.807, 2.05) is 23.7 Å². The maximum absolute atomic E-state index is 9.58. The lowest BCUT2D eigenvalue weighted by Gasteiger charge is -2.36. The smallest absolute Gasteiger partial charge is 0.229 e. The lowest BCUT2D eigenvalue weighted by atomic mass is 9.86. The van der Waals surface area contributed by atoms with Gasteiger partial charge < -0.3 is 24.8 Å². The van der Waals surface area contributed by atoms with E-state index in [2.05, 4.69) is 66.0 Å². The van der Waals surface area contributed by atoms with Gasteiger partial charge in [-0.3, -0.25) is 0 Å². The molecule has 0 radical (unpaired) electrons. The number of anilines is 4. The van der Waals surface area contributed by atoms with E-state index in [1.54, 1.807) is 18.5 Å². The predicted octanol–water partition coefficient (Wildman–Crippen LogP) is 4.75. The molecule has 8 heteroatoms. The summed E-state index contributed by atoms with van der Waals surface area (Å²) in [7, 11) is 1.97. The van der Waals surface area contributed by atoms with Gasteiger partial charge in [0.05, 0.1) is 6.33 Å². The molecule has 1 saturated heterocycles. The van der Waals surface area contributed by atoms with Crippen molar-refractivity contribution in [3.05, 3.63) is 59.9 Å². The second-order valence-electron chi connectivity index (χ2n) is 10.3. The minimum Gasteiger partial charge on any atom is -0.508 e. The number of hydrogen-bond acceptors (Lipinski definition) is 7. The number of fused-ring (bicyclic) bond motifs is 1. The van der Waals surface area contributed by atoms with E-state index in [0.29, 0.717) is 11.6 Å². The second kappa shape index (κ2) is 8.76. The highest BCUT2D eigenvalue weighted by molar-refractivity contribution is 5.87. The number of imidazole rings is 1. The number of aromatic hydroxyl groups is 1. The largest absolute Gasteiger partial charge is 0.508 e. The first-order valence-corrected chi connectivity index (χ1v) is 12.1. The van der Waals surface area contributed by atoms with Gasteiger partial charge in [-0.05, 0) is 53.8 Å². The van der Waals surface area contributed by atoms with Gasteiger partial charge in [0, 0.05) is 44.6 Å². The van der Waals surface area contributed by atoms with Gasteiger partial charge >= 0.3 is 0 Å². The van der Waals surface area contributed by atoms with E-state index >= 15 is 0 Å². The van der Waals surface area contributed by atoms with Crippen LogP contribution >= 0.6 is 0 Å². The molecule has 0 saturated carbocycles. The molecule has 182 valence electrons. The lowest BCUT2D eigenvalue weighted by molar-refractivity contribution is 0.475. The van der Waals surface area contributed by atoms with Crippen molar-refractivity contribution in [3.63, 3.8) is 0 Å². The van der Waals surface area contributed by atoms with Crippen molar-refractivity contribution in [1.29, 1.82) is 0 Å². The van der Waals surface area contributed by atoms with Crippen LogP contribution in [0.2, 0.25) is 0 Å². The first-order chi connectivity index (χ1) is 16.7. The molecule has 0 amide bonds. The normalized spacial score (nSPS) is 14.5. The minimum atomic E-state index is 0.0555. The summed E-state index contributed by atoms with van der Waals surface area (Å²) < 4.78 is 1.97. The number of nitrogens with one attached hydrogen (secondary N) is 1. The highest BCUT2D eigenvalue weighted by Gasteiger charge is 2.23. The third kappa shape index (κ3) is 4.60. The number of benzene rings is 2. The quantitative estimate of drug-likeness (QED) is 0.445. The van der Waals surface area contributed by atoms with E-state index in [-0.39, 0.29) is 11.2 Å². The summed E-state index contributed by atoms with van der Waals surface area (Å²) in [6, 6.07) is 13.9. The Bertz CT molecular complexity index is 1350.